The summed E-state index contributed by atoms with van der Waals surface area (Å²) in [5.74, 6) is -1.02. The lowest BCUT2D eigenvalue weighted by Crippen LogP contribution is -2.37. The van der Waals surface area contributed by atoms with Crippen LogP contribution in [-0.2, 0) is 5.79 Å². The molecule has 0 amide bonds. The summed E-state index contributed by atoms with van der Waals surface area (Å²) in [6.07, 6.45) is 0. The zero-order valence-corrected chi connectivity index (χ0v) is 19.7. The number of hydrogen-bond donors (Lipinski definition) is 0. The van der Waals surface area contributed by atoms with E-state index in [1.165, 1.54) is 7.11 Å². The van der Waals surface area contributed by atoms with E-state index < -0.39 is 5.79 Å². The Hall–Kier alpha value is -4.38. The molecule has 0 saturated heterocycles. The number of fused-ring (bicyclic) bond motifs is 4. The molecule has 0 unspecified atom stereocenters. The molecule has 0 fully saturated rings. The molecule has 35 heavy (non-hydrogen) atoms. The van der Waals surface area contributed by atoms with Crippen LogP contribution in [0.4, 0.5) is 0 Å². The van der Waals surface area contributed by atoms with Gasteiger partial charge in [0.2, 0.25) is 0 Å². The monoisotopic (exact) mass is 464 g/mol. The predicted molar refractivity (Wildman–Crippen MR) is 133 cm³/mol. The maximum absolute atomic E-state index is 13.6. The molecule has 0 radical (unpaired) electrons. The van der Waals surface area contributed by atoms with E-state index in [9.17, 15) is 9.59 Å². The number of rotatable bonds is 3. The number of methoxy groups -OCH3 is 1. The van der Waals surface area contributed by atoms with E-state index in [0.717, 1.165) is 11.1 Å². The first-order chi connectivity index (χ1) is 17.1. The van der Waals surface area contributed by atoms with Gasteiger partial charge in [-0.25, -0.2) is 0 Å². The Labute approximate surface area is 203 Å². The van der Waals surface area contributed by atoms with Gasteiger partial charge in [-0.05, 0) is 0 Å². The Balaban J connectivity index is 0.00000124. The van der Waals surface area contributed by atoms with Gasteiger partial charge >= 0.3 is 5.79 Å². The first-order valence-electron chi connectivity index (χ1n) is 11.6. The number of hydrogen-bond acceptors (Lipinski definition) is 5. The fourth-order valence-electron chi connectivity index (χ4n) is 4.58. The van der Waals surface area contributed by atoms with Crippen molar-refractivity contribution in [3.63, 3.8) is 0 Å². The van der Waals surface area contributed by atoms with Gasteiger partial charge in [0.25, 0.3) is 0 Å². The van der Waals surface area contributed by atoms with Gasteiger partial charge in [0.05, 0.1) is 18.2 Å². The van der Waals surface area contributed by atoms with E-state index >= 15 is 0 Å². The molecule has 2 aliphatic rings. The number of carbonyl (C=O) groups excluding carboxylic acids is 2. The van der Waals surface area contributed by atoms with Crippen LogP contribution in [0.5, 0.6) is 17.2 Å². The van der Waals surface area contributed by atoms with Gasteiger partial charge in [-0.1, -0.05) is 98.8 Å². The van der Waals surface area contributed by atoms with E-state index in [-0.39, 0.29) is 34.2 Å². The van der Waals surface area contributed by atoms with Gasteiger partial charge in [0.15, 0.2) is 23.1 Å². The summed E-state index contributed by atoms with van der Waals surface area (Å²) in [6, 6.07) is 27.5. The second-order valence-corrected chi connectivity index (χ2v) is 7.91. The van der Waals surface area contributed by atoms with Crippen LogP contribution in [0.1, 0.15) is 56.8 Å². The quantitative estimate of drug-likeness (QED) is 0.320. The van der Waals surface area contributed by atoms with E-state index in [1.807, 2.05) is 74.5 Å². The number of benzene rings is 4. The summed E-state index contributed by atoms with van der Waals surface area (Å²) in [6.45, 7) is 4.00. The zero-order chi connectivity index (χ0) is 24.6. The van der Waals surface area contributed by atoms with Crippen LogP contribution < -0.4 is 14.2 Å². The van der Waals surface area contributed by atoms with Gasteiger partial charge in [-0.2, -0.15) is 0 Å². The molecular weight excluding hydrogens is 440 g/mol. The van der Waals surface area contributed by atoms with Crippen molar-refractivity contribution in [3.8, 4) is 17.2 Å². The topological polar surface area (TPSA) is 61.8 Å². The van der Waals surface area contributed by atoms with Gasteiger partial charge in [0, 0.05) is 28.3 Å². The minimum Gasteiger partial charge on any atom is -0.496 e. The molecule has 4 aromatic rings. The minimum atomic E-state index is -1.31. The van der Waals surface area contributed by atoms with Gasteiger partial charge in [0.1, 0.15) is 5.75 Å². The fraction of sp³-hybridized carbons (Fsp3) is 0.133. The SMILES string of the molecule is CC.COc1cc2c(c3c1C(=O)c1ccccc1C3=O)OC(c1ccccc1)(c1ccccc1)O2. The highest BCUT2D eigenvalue weighted by Crippen LogP contribution is 2.53. The highest BCUT2D eigenvalue weighted by molar-refractivity contribution is 6.30. The summed E-state index contributed by atoms with van der Waals surface area (Å²) in [5.41, 5.74) is 2.57. The van der Waals surface area contributed by atoms with Crippen LogP contribution in [0.2, 0.25) is 0 Å². The van der Waals surface area contributed by atoms with Crippen LogP contribution in [0.15, 0.2) is 91.0 Å². The Bertz CT molecular complexity index is 1380. The summed E-state index contributed by atoms with van der Waals surface area (Å²) in [5, 5.41) is 0. The van der Waals surface area contributed by atoms with Crippen molar-refractivity contribution in [3.05, 3.63) is 124 Å². The van der Waals surface area contributed by atoms with Crippen LogP contribution in [0.25, 0.3) is 0 Å². The lowest BCUT2D eigenvalue weighted by molar-refractivity contribution is -0.0461. The summed E-state index contributed by atoms with van der Waals surface area (Å²) >= 11 is 0. The molecule has 0 spiro atoms. The predicted octanol–water partition coefficient (Wildman–Crippen LogP) is 6.17. The number of ether oxygens (including phenoxy) is 3. The summed E-state index contributed by atoms with van der Waals surface area (Å²) in [4.78, 5) is 27.0. The number of ketones is 2. The second kappa shape index (κ2) is 8.76. The van der Waals surface area contributed by atoms with E-state index in [1.54, 1.807) is 30.3 Å². The molecule has 4 aromatic carbocycles. The first-order valence-corrected chi connectivity index (χ1v) is 11.6. The van der Waals surface area contributed by atoms with Crippen LogP contribution in [-0.4, -0.2) is 18.7 Å². The van der Waals surface area contributed by atoms with Crippen molar-refractivity contribution in [2.45, 2.75) is 19.6 Å². The third-order valence-corrected chi connectivity index (χ3v) is 6.11. The number of carbonyl (C=O) groups is 2. The van der Waals surface area contributed by atoms with Crippen molar-refractivity contribution in [1.29, 1.82) is 0 Å². The van der Waals surface area contributed by atoms with Crippen LogP contribution in [0, 0.1) is 0 Å². The van der Waals surface area contributed by atoms with Gasteiger partial charge in [-0.3, -0.25) is 9.59 Å². The van der Waals surface area contributed by atoms with E-state index in [4.69, 9.17) is 14.2 Å². The Morgan fingerprint density at radius 1 is 0.657 bits per heavy atom. The smallest absolute Gasteiger partial charge is 0.305 e. The lowest BCUT2D eigenvalue weighted by atomic mass is 9.83. The highest BCUT2D eigenvalue weighted by atomic mass is 16.7. The summed E-state index contributed by atoms with van der Waals surface area (Å²) < 4.78 is 18.6. The average molecular weight is 465 g/mol. The van der Waals surface area contributed by atoms with Crippen molar-refractivity contribution in [2.24, 2.45) is 0 Å². The molecule has 5 nitrogen and oxygen atoms in total. The van der Waals surface area contributed by atoms with Gasteiger partial charge < -0.3 is 14.2 Å². The van der Waals surface area contributed by atoms with Crippen molar-refractivity contribution < 1.29 is 23.8 Å². The second-order valence-electron chi connectivity index (χ2n) is 7.91. The molecule has 0 bridgehead atoms. The molecule has 0 N–H and O–H groups in total. The van der Waals surface area contributed by atoms with E-state index in [0.29, 0.717) is 16.9 Å². The third kappa shape index (κ3) is 3.31. The molecule has 0 aromatic heterocycles. The Morgan fingerprint density at radius 3 is 1.66 bits per heavy atom. The molecule has 6 rings (SSSR count). The van der Waals surface area contributed by atoms with Crippen molar-refractivity contribution in [1.82, 2.24) is 0 Å². The first kappa shape index (κ1) is 22.4. The van der Waals surface area contributed by atoms with Crippen LogP contribution >= 0.6 is 0 Å². The normalized spacial score (nSPS) is 14.4. The standard InChI is InChI=1S/C28H18O5.C2H6/c1-31-21-16-22-27(24-23(21)25(29)19-14-8-9-15-20(19)26(24)30)33-28(32-22,17-10-4-2-5-11-17)18-12-6-3-7-13-18;1-2/h2-16H,1H3;1-2H3. The molecule has 0 saturated carbocycles. The van der Waals surface area contributed by atoms with Crippen molar-refractivity contribution in [2.75, 3.05) is 7.11 Å². The molecule has 1 heterocycles. The maximum Gasteiger partial charge on any atom is 0.305 e. The molecule has 174 valence electrons. The Kier molecular flexibility index (Phi) is 5.61. The van der Waals surface area contributed by atoms with Crippen molar-refractivity contribution >= 4 is 11.6 Å². The molecular formula is C30H24O5. The van der Waals surface area contributed by atoms with E-state index in [2.05, 4.69) is 0 Å². The summed E-state index contributed by atoms with van der Waals surface area (Å²) in [7, 11) is 1.47. The average Bonchev–Trinajstić information content (AvgIpc) is 3.33. The van der Waals surface area contributed by atoms with Crippen LogP contribution in [0.3, 0.4) is 0 Å². The van der Waals surface area contributed by atoms with Gasteiger partial charge in [-0.15, -0.1) is 0 Å². The molecule has 0 atom stereocenters. The zero-order valence-electron chi connectivity index (χ0n) is 19.7. The molecule has 1 aliphatic heterocycles. The lowest BCUT2D eigenvalue weighted by Gasteiger charge is -2.28. The maximum atomic E-state index is 13.6. The molecule has 5 heteroatoms. The largest absolute Gasteiger partial charge is 0.496 e. The minimum absolute atomic E-state index is 0.168. The Morgan fingerprint density at radius 2 is 1.14 bits per heavy atom. The molecule has 1 aliphatic carbocycles. The fourth-order valence-corrected chi connectivity index (χ4v) is 4.58. The third-order valence-electron chi connectivity index (χ3n) is 6.11. The highest BCUT2D eigenvalue weighted by Gasteiger charge is 2.49.